The summed E-state index contributed by atoms with van der Waals surface area (Å²) in [7, 11) is 0. The third kappa shape index (κ3) is 2.45. The van der Waals surface area contributed by atoms with E-state index < -0.39 is 0 Å². The molecule has 17 heavy (non-hydrogen) atoms. The van der Waals surface area contributed by atoms with E-state index in [1.165, 1.54) is 0 Å². The van der Waals surface area contributed by atoms with Gasteiger partial charge < -0.3 is 10.0 Å². The van der Waals surface area contributed by atoms with Gasteiger partial charge in [-0.3, -0.25) is 4.79 Å². The van der Waals surface area contributed by atoms with Crippen molar-refractivity contribution in [3.05, 3.63) is 28.8 Å². The second-order valence-electron chi connectivity index (χ2n) is 4.32. The van der Waals surface area contributed by atoms with E-state index in [2.05, 4.69) is 4.90 Å². The molecule has 0 aromatic heterocycles. The molecular weight excluding hydrogens is 238 g/mol. The highest BCUT2D eigenvalue weighted by Gasteiger charge is 2.24. The second-order valence-corrected chi connectivity index (χ2v) is 4.72. The molecule has 1 aliphatic rings. The van der Waals surface area contributed by atoms with Crippen LogP contribution in [0, 0.1) is 0 Å². The molecule has 1 unspecified atom stereocenters. The Bertz CT molecular complexity index is 408. The summed E-state index contributed by atoms with van der Waals surface area (Å²) < 4.78 is 0. The van der Waals surface area contributed by atoms with Crippen LogP contribution in [-0.2, 0) is 0 Å². The van der Waals surface area contributed by atoms with E-state index >= 15 is 0 Å². The van der Waals surface area contributed by atoms with Gasteiger partial charge in [-0.15, -0.1) is 0 Å². The van der Waals surface area contributed by atoms with Gasteiger partial charge in [0.1, 0.15) is 0 Å². The van der Waals surface area contributed by atoms with Crippen LogP contribution in [0.25, 0.3) is 0 Å². The maximum atomic E-state index is 11.1. The van der Waals surface area contributed by atoms with Gasteiger partial charge in [0.2, 0.25) is 0 Å². The van der Waals surface area contributed by atoms with Gasteiger partial charge in [0.05, 0.1) is 23.2 Å². The summed E-state index contributed by atoms with van der Waals surface area (Å²) in [6.07, 6.45) is 3.96. The third-order valence-electron chi connectivity index (χ3n) is 3.30. The number of hydrogen-bond donors (Lipinski definition) is 1. The first-order valence-corrected chi connectivity index (χ1v) is 6.27. The van der Waals surface area contributed by atoms with E-state index in [4.69, 9.17) is 11.6 Å². The Hall–Kier alpha value is -1.06. The summed E-state index contributed by atoms with van der Waals surface area (Å²) in [6, 6.07) is 5.55. The van der Waals surface area contributed by atoms with Crippen LogP contribution in [0.5, 0.6) is 0 Å². The van der Waals surface area contributed by atoms with Crippen molar-refractivity contribution in [1.82, 2.24) is 0 Å². The van der Waals surface area contributed by atoms with Crippen LogP contribution in [0.15, 0.2) is 18.2 Å². The highest BCUT2D eigenvalue weighted by atomic mass is 35.5. The number of anilines is 1. The average Bonchev–Trinajstić information content (AvgIpc) is 2.38. The molecule has 0 amide bonds. The molecule has 1 fully saturated rings. The molecule has 0 saturated carbocycles. The summed E-state index contributed by atoms with van der Waals surface area (Å²) in [4.78, 5) is 13.2. The quantitative estimate of drug-likeness (QED) is 0.842. The van der Waals surface area contributed by atoms with E-state index in [0.717, 1.165) is 37.8 Å². The van der Waals surface area contributed by atoms with Gasteiger partial charge in [-0.05, 0) is 31.4 Å². The number of benzene rings is 1. The maximum Gasteiger partial charge on any atom is 0.153 e. The Labute approximate surface area is 106 Å². The number of aliphatic hydroxyl groups is 1. The van der Waals surface area contributed by atoms with Crippen LogP contribution in [0.1, 0.15) is 29.6 Å². The molecule has 1 N–H and O–H groups in total. The Morgan fingerprint density at radius 1 is 1.47 bits per heavy atom. The van der Waals surface area contributed by atoms with Crippen LogP contribution in [0.2, 0.25) is 5.02 Å². The Morgan fingerprint density at radius 2 is 2.29 bits per heavy atom. The molecule has 1 saturated heterocycles. The van der Waals surface area contributed by atoms with Crippen LogP contribution < -0.4 is 4.90 Å². The molecule has 1 atom stereocenters. The number of nitrogens with zero attached hydrogens (tertiary/aromatic N) is 1. The third-order valence-corrected chi connectivity index (χ3v) is 3.62. The highest BCUT2D eigenvalue weighted by molar-refractivity contribution is 6.33. The van der Waals surface area contributed by atoms with Gasteiger partial charge in [0.15, 0.2) is 6.29 Å². The number of piperidine rings is 1. The molecule has 0 radical (unpaired) electrons. The molecule has 4 heteroatoms. The summed E-state index contributed by atoms with van der Waals surface area (Å²) in [5, 5.41) is 9.86. The second kappa shape index (κ2) is 5.52. The van der Waals surface area contributed by atoms with Crippen LogP contribution in [0.4, 0.5) is 5.69 Å². The lowest BCUT2D eigenvalue weighted by molar-refractivity contribution is 0.112. The van der Waals surface area contributed by atoms with Crippen molar-refractivity contribution in [3.63, 3.8) is 0 Å². The number of carbonyl (C=O) groups is 1. The summed E-state index contributed by atoms with van der Waals surface area (Å²) in [5.41, 5.74) is 1.36. The number of hydrogen-bond acceptors (Lipinski definition) is 3. The molecule has 1 aromatic carbocycles. The lowest BCUT2D eigenvalue weighted by Crippen LogP contribution is -2.42. The van der Waals surface area contributed by atoms with E-state index in [-0.39, 0.29) is 12.6 Å². The minimum atomic E-state index is 0.0981. The van der Waals surface area contributed by atoms with E-state index in [1.807, 2.05) is 12.1 Å². The van der Waals surface area contributed by atoms with Crippen molar-refractivity contribution >= 4 is 23.6 Å². The Morgan fingerprint density at radius 3 is 3.00 bits per heavy atom. The summed E-state index contributed by atoms with van der Waals surface area (Å²) in [6.45, 7) is 0.983. The molecule has 2 rings (SSSR count). The average molecular weight is 254 g/mol. The van der Waals surface area contributed by atoms with Crippen molar-refractivity contribution in [2.45, 2.75) is 25.3 Å². The SMILES string of the molecule is O=Cc1c(Cl)cccc1N1CCCCC1CO. The molecular formula is C13H16ClNO2. The Kier molecular flexibility index (Phi) is 4.02. The smallest absolute Gasteiger partial charge is 0.153 e. The monoisotopic (exact) mass is 253 g/mol. The zero-order chi connectivity index (χ0) is 12.3. The number of carbonyl (C=O) groups excluding carboxylic acids is 1. The number of rotatable bonds is 3. The number of aliphatic hydroxyl groups excluding tert-OH is 1. The minimum absolute atomic E-state index is 0.0981. The first-order chi connectivity index (χ1) is 8.27. The fraction of sp³-hybridized carbons (Fsp3) is 0.462. The first-order valence-electron chi connectivity index (χ1n) is 5.89. The predicted octanol–water partition coefficient (Wildman–Crippen LogP) is 2.50. The van der Waals surface area contributed by atoms with Crippen LogP contribution in [-0.4, -0.2) is 30.6 Å². The van der Waals surface area contributed by atoms with Gasteiger partial charge in [-0.1, -0.05) is 17.7 Å². The maximum absolute atomic E-state index is 11.1. The molecule has 0 bridgehead atoms. The van der Waals surface area contributed by atoms with E-state index in [1.54, 1.807) is 6.07 Å². The van der Waals surface area contributed by atoms with Gasteiger partial charge in [-0.25, -0.2) is 0 Å². The largest absolute Gasteiger partial charge is 0.394 e. The number of halogens is 1. The van der Waals surface area contributed by atoms with Gasteiger partial charge >= 0.3 is 0 Å². The van der Waals surface area contributed by atoms with Gasteiger partial charge in [-0.2, -0.15) is 0 Å². The zero-order valence-corrected chi connectivity index (χ0v) is 10.4. The van der Waals surface area contributed by atoms with Gasteiger partial charge in [0, 0.05) is 12.2 Å². The predicted molar refractivity (Wildman–Crippen MR) is 68.9 cm³/mol. The van der Waals surface area contributed by atoms with E-state index in [9.17, 15) is 9.90 Å². The van der Waals surface area contributed by atoms with Crippen molar-refractivity contribution in [2.24, 2.45) is 0 Å². The molecule has 1 aromatic rings. The van der Waals surface area contributed by atoms with Crippen molar-refractivity contribution in [3.8, 4) is 0 Å². The van der Waals surface area contributed by atoms with Crippen molar-refractivity contribution in [1.29, 1.82) is 0 Å². The lowest BCUT2D eigenvalue weighted by atomic mass is 10.0. The summed E-state index contributed by atoms with van der Waals surface area (Å²) in [5.74, 6) is 0. The molecule has 3 nitrogen and oxygen atoms in total. The fourth-order valence-electron chi connectivity index (χ4n) is 2.40. The van der Waals surface area contributed by atoms with Crippen molar-refractivity contribution < 1.29 is 9.90 Å². The molecule has 0 spiro atoms. The molecule has 1 aliphatic heterocycles. The molecule has 1 heterocycles. The zero-order valence-electron chi connectivity index (χ0n) is 9.60. The van der Waals surface area contributed by atoms with Crippen LogP contribution in [0.3, 0.4) is 0 Å². The number of aldehydes is 1. The van der Waals surface area contributed by atoms with Crippen LogP contribution >= 0.6 is 11.6 Å². The summed E-state index contributed by atoms with van der Waals surface area (Å²) >= 11 is 6.02. The standard InChI is InChI=1S/C13H16ClNO2/c14-12-5-3-6-13(11(12)9-17)15-7-2-1-4-10(15)8-16/h3,5-6,9-10,16H,1-2,4,7-8H2. The topological polar surface area (TPSA) is 40.5 Å². The molecule has 0 aliphatic carbocycles. The highest BCUT2D eigenvalue weighted by Crippen LogP contribution is 2.30. The normalized spacial score (nSPS) is 20.4. The first kappa shape index (κ1) is 12.4. The van der Waals surface area contributed by atoms with Crippen molar-refractivity contribution in [2.75, 3.05) is 18.1 Å². The lowest BCUT2D eigenvalue weighted by Gasteiger charge is -2.37. The fourth-order valence-corrected chi connectivity index (χ4v) is 2.61. The van der Waals surface area contributed by atoms with E-state index in [0.29, 0.717) is 10.6 Å². The van der Waals surface area contributed by atoms with Gasteiger partial charge in [0.25, 0.3) is 0 Å². The Balaban J connectivity index is 2.37. The minimum Gasteiger partial charge on any atom is -0.394 e. The molecule has 92 valence electrons.